The van der Waals surface area contributed by atoms with E-state index in [-0.39, 0.29) is 0 Å². The minimum Gasteiger partial charge on any atom is -0.382 e. The summed E-state index contributed by atoms with van der Waals surface area (Å²) in [6.07, 6.45) is 1.47. The Balaban J connectivity index is 2.95. The predicted molar refractivity (Wildman–Crippen MR) is 41.2 cm³/mol. The molecule has 0 aromatic carbocycles. The van der Waals surface area contributed by atoms with Gasteiger partial charge in [-0.2, -0.15) is 0 Å². The number of fused-ring (bicyclic) bond motifs is 1. The first-order valence-electron chi connectivity index (χ1n) is 2.77. The van der Waals surface area contributed by atoms with Gasteiger partial charge in [-0.3, -0.25) is 0 Å². The van der Waals surface area contributed by atoms with Gasteiger partial charge in [0.2, 0.25) is 0 Å². The third-order valence-electron chi connectivity index (χ3n) is 1.25. The number of hydrogen-bond acceptors (Lipinski definition) is 4. The first-order chi connectivity index (χ1) is 4.88. The van der Waals surface area contributed by atoms with Crippen LogP contribution in [0.25, 0.3) is 10.8 Å². The molecule has 0 aliphatic carbocycles. The fraction of sp³-hybridized carbons (Fsp3) is 0. The molecular formula is C5H5N4P. The van der Waals surface area contributed by atoms with Crippen molar-refractivity contribution in [3.8, 4) is 0 Å². The normalized spacial score (nSPS) is 11.2. The van der Waals surface area contributed by atoms with Gasteiger partial charge in [-0.15, -0.1) is 0 Å². The van der Waals surface area contributed by atoms with Crippen LogP contribution in [0.5, 0.6) is 0 Å². The number of nitrogens with zero attached hydrogens (tertiary/aromatic N) is 3. The predicted octanol–water partition coefficient (Wildman–Crippen LogP) is 0.638. The summed E-state index contributed by atoms with van der Waals surface area (Å²) in [5.41, 5.74) is 6.26. The van der Waals surface area contributed by atoms with Crippen LogP contribution < -0.4 is 5.73 Å². The largest absolute Gasteiger partial charge is 0.382 e. The maximum Gasteiger partial charge on any atom is 0.153 e. The molecule has 2 aromatic rings. The summed E-state index contributed by atoms with van der Waals surface area (Å²) in [6.45, 7) is 0. The molecule has 1 unspecified atom stereocenters. The number of nitrogen functional groups attached to an aromatic ring is 1. The Morgan fingerprint density at radius 2 is 2.20 bits per heavy atom. The van der Waals surface area contributed by atoms with E-state index in [2.05, 4.69) is 15.0 Å². The monoisotopic (exact) mass is 152 g/mol. The van der Waals surface area contributed by atoms with Crippen molar-refractivity contribution in [2.45, 2.75) is 0 Å². The van der Waals surface area contributed by atoms with Crippen LogP contribution in [0.2, 0.25) is 0 Å². The fourth-order valence-electron chi connectivity index (χ4n) is 0.783. The summed E-state index contributed by atoms with van der Waals surface area (Å²) in [5, 5.41) is 0.951. The average Bonchev–Trinajstić information content (AvgIpc) is 2.36. The lowest BCUT2D eigenvalue weighted by Gasteiger charge is -1.89. The fourth-order valence-corrected chi connectivity index (χ4v) is 1.56. The highest BCUT2D eigenvalue weighted by molar-refractivity contribution is 7.35. The molecule has 0 amide bonds. The van der Waals surface area contributed by atoms with Crippen molar-refractivity contribution in [3.63, 3.8) is 0 Å². The van der Waals surface area contributed by atoms with Crippen LogP contribution in [0, 0.1) is 0 Å². The highest BCUT2D eigenvalue weighted by Gasteiger charge is 1.98. The Bertz CT molecular complexity index is 355. The van der Waals surface area contributed by atoms with Crippen LogP contribution in [0.15, 0.2) is 12.3 Å². The van der Waals surface area contributed by atoms with Gasteiger partial charge in [0.05, 0.1) is 0 Å². The van der Waals surface area contributed by atoms with Gasteiger partial charge in [0.1, 0.15) is 17.1 Å². The Labute approximate surface area is 58.6 Å². The van der Waals surface area contributed by atoms with E-state index in [4.69, 9.17) is 5.73 Å². The molecule has 0 aliphatic rings. The minimum absolute atomic E-state index is 0.478. The van der Waals surface area contributed by atoms with Crippen LogP contribution in [0.3, 0.4) is 0 Å². The van der Waals surface area contributed by atoms with Crippen molar-refractivity contribution in [1.29, 1.82) is 0 Å². The summed E-state index contributed by atoms with van der Waals surface area (Å²) in [6, 6.07) is 0. The zero-order valence-corrected chi connectivity index (χ0v) is 6.07. The zero-order valence-electron chi connectivity index (χ0n) is 5.07. The molecule has 10 heavy (non-hydrogen) atoms. The first-order valence-corrected chi connectivity index (χ1v) is 3.85. The molecule has 0 fully saturated rings. The van der Waals surface area contributed by atoms with Crippen LogP contribution >= 0.6 is 8.19 Å². The quantitative estimate of drug-likeness (QED) is 0.601. The lowest BCUT2D eigenvalue weighted by molar-refractivity contribution is 1.23. The van der Waals surface area contributed by atoms with E-state index in [1.165, 1.54) is 6.33 Å². The molecule has 4 nitrogen and oxygen atoms in total. The molecule has 1 atom stereocenters. The van der Waals surface area contributed by atoms with E-state index in [0.717, 1.165) is 10.8 Å². The molecule has 2 rings (SSSR count). The Morgan fingerprint density at radius 3 is 3.00 bits per heavy atom. The van der Waals surface area contributed by atoms with Crippen molar-refractivity contribution < 1.29 is 0 Å². The summed E-state index contributed by atoms with van der Waals surface area (Å²) >= 11 is 0. The van der Waals surface area contributed by atoms with Gasteiger partial charge < -0.3 is 5.73 Å². The van der Waals surface area contributed by atoms with E-state index in [0.29, 0.717) is 14.0 Å². The second-order valence-corrected chi connectivity index (χ2v) is 2.88. The van der Waals surface area contributed by atoms with E-state index in [9.17, 15) is 0 Å². The smallest absolute Gasteiger partial charge is 0.153 e. The van der Waals surface area contributed by atoms with Crippen molar-refractivity contribution in [1.82, 2.24) is 15.0 Å². The van der Waals surface area contributed by atoms with Gasteiger partial charge in [-0.25, -0.2) is 15.0 Å². The summed E-state index contributed by atoms with van der Waals surface area (Å²) in [5.74, 6) is 2.29. The highest BCUT2D eigenvalue weighted by atomic mass is 31.0. The molecule has 0 aliphatic heterocycles. The number of hydrogen-bond donors (Lipinski definition) is 1. The lowest BCUT2D eigenvalue weighted by atomic mass is 10.5. The molecule has 0 bridgehead atoms. The van der Waals surface area contributed by atoms with Crippen LogP contribution in [0.4, 0.5) is 5.82 Å². The standard InChI is InChI=1S/C5H5N4P/c6-4-3-5(8-1-7-4)10-2-9-3/h1-2,10H,(H2,6,7,8). The van der Waals surface area contributed by atoms with Gasteiger partial charge in [0.25, 0.3) is 0 Å². The van der Waals surface area contributed by atoms with E-state index in [1.54, 1.807) is 0 Å². The SMILES string of the molecule is Nc1ncnc2[pH]cnc12. The van der Waals surface area contributed by atoms with Crippen molar-refractivity contribution in [2.24, 2.45) is 0 Å². The average molecular weight is 152 g/mol. The molecule has 0 saturated heterocycles. The number of rotatable bonds is 0. The van der Waals surface area contributed by atoms with Crippen LogP contribution in [-0.2, 0) is 0 Å². The maximum absolute atomic E-state index is 5.51. The van der Waals surface area contributed by atoms with E-state index >= 15 is 0 Å². The Morgan fingerprint density at radius 1 is 1.30 bits per heavy atom. The van der Waals surface area contributed by atoms with E-state index in [1.807, 2.05) is 5.93 Å². The molecule has 0 saturated carbocycles. The second-order valence-electron chi connectivity index (χ2n) is 1.86. The number of aromatic nitrogens is 3. The van der Waals surface area contributed by atoms with Crippen molar-refractivity contribution in [2.75, 3.05) is 5.73 Å². The number of nitrogens with two attached hydrogens (primary N) is 1. The van der Waals surface area contributed by atoms with Crippen molar-refractivity contribution in [3.05, 3.63) is 12.3 Å². The Hall–Kier alpha value is -1.15. The lowest BCUT2D eigenvalue weighted by Crippen LogP contribution is -1.90. The second kappa shape index (κ2) is 1.92. The third kappa shape index (κ3) is 0.660. The molecule has 0 spiro atoms. The molecule has 5 heteroatoms. The van der Waals surface area contributed by atoms with Gasteiger partial charge in [-0.05, 0) is 0 Å². The molecule has 50 valence electrons. The van der Waals surface area contributed by atoms with Gasteiger partial charge >= 0.3 is 0 Å². The molecular weight excluding hydrogens is 147 g/mol. The Kier molecular flexibility index (Phi) is 1.08. The highest BCUT2D eigenvalue weighted by Crippen LogP contribution is 2.21. The third-order valence-corrected chi connectivity index (χ3v) is 2.14. The van der Waals surface area contributed by atoms with Crippen LogP contribution in [-0.4, -0.2) is 15.0 Å². The van der Waals surface area contributed by atoms with Crippen molar-refractivity contribution >= 4 is 24.8 Å². The maximum atomic E-state index is 5.51. The summed E-state index contributed by atoms with van der Waals surface area (Å²) < 4.78 is 0. The van der Waals surface area contributed by atoms with Gasteiger partial charge in [0, 0.05) is 5.93 Å². The van der Waals surface area contributed by atoms with Crippen LogP contribution in [0.1, 0.15) is 0 Å². The molecule has 2 heterocycles. The number of anilines is 1. The topological polar surface area (TPSA) is 64.7 Å². The van der Waals surface area contributed by atoms with E-state index < -0.39 is 0 Å². The molecule has 2 N–H and O–H groups in total. The summed E-state index contributed by atoms with van der Waals surface area (Å²) in [4.78, 5) is 11.9. The molecule has 2 aromatic heterocycles. The van der Waals surface area contributed by atoms with Gasteiger partial charge in [-0.1, -0.05) is 8.19 Å². The van der Waals surface area contributed by atoms with Gasteiger partial charge in [0.15, 0.2) is 5.82 Å². The first kappa shape index (κ1) is 5.62. The molecule has 0 radical (unpaired) electrons. The minimum atomic E-state index is 0.478. The summed E-state index contributed by atoms with van der Waals surface area (Å²) in [7, 11) is 0.553. The zero-order chi connectivity index (χ0) is 6.97.